The molecule has 3 atom stereocenters. The van der Waals surface area contributed by atoms with E-state index in [0.717, 1.165) is 13.1 Å². The smallest absolute Gasteiger partial charge is 0.141 e. The minimum atomic E-state index is -0.779. The lowest BCUT2D eigenvalue weighted by atomic mass is 10.1. The second kappa shape index (κ2) is 7.10. The Hall–Kier alpha value is -0.920. The molecule has 0 saturated carbocycles. The van der Waals surface area contributed by atoms with E-state index >= 15 is 0 Å². The summed E-state index contributed by atoms with van der Waals surface area (Å²) in [5, 5.41) is 0. The van der Waals surface area contributed by atoms with E-state index in [1.165, 1.54) is 11.1 Å². The van der Waals surface area contributed by atoms with Crippen LogP contribution in [-0.2, 0) is 0 Å². The van der Waals surface area contributed by atoms with Crippen LogP contribution < -0.4 is 0 Å². The molecule has 22 heavy (non-hydrogen) atoms. The molecule has 0 bridgehead atoms. The van der Waals surface area contributed by atoms with E-state index in [9.17, 15) is 0 Å². The van der Waals surface area contributed by atoms with E-state index in [1.54, 1.807) is 0 Å². The molecule has 1 aliphatic rings. The standard InChI is InChI=1S/C18H22ClN2P/c1-15(17-9-5-3-6-10-17)20-13-14-21(22(20)19)16(2)18-11-7-4-8-12-18/h3-12,15-16H,13-14H2,1-2H3/t15-,16?,22?/m0/s1. The molecule has 0 aliphatic carbocycles. The van der Waals surface area contributed by atoms with Crippen LogP contribution in [0.4, 0.5) is 0 Å². The zero-order valence-corrected chi connectivity index (χ0v) is 14.7. The zero-order valence-electron chi connectivity index (χ0n) is 13.1. The van der Waals surface area contributed by atoms with E-state index < -0.39 is 7.58 Å². The highest BCUT2D eigenvalue weighted by Crippen LogP contribution is 2.59. The van der Waals surface area contributed by atoms with Crippen molar-refractivity contribution in [2.24, 2.45) is 0 Å². The lowest BCUT2D eigenvalue weighted by Gasteiger charge is -2.32. The Morgan fingerprint density at radius 2 is 1.14 bits per heavy atom. The van der Waals surface area contributed by atoms with Crippen molar-refractivity contribution >= 4 is 18.8 Å². The summed E-state index contributed by atoms with van der Waals surface area (Å²) in [4.78, 5) is 0. The first-order chi connectivity index (χ1) is 10.7. The van der Waals surface area contributed by atoms with Crippen molar-refractivity contribution in [1.29, 1.82) is 0 Å². The van der Waals surface area contributed by atoms with Crippen molar-refractivity contribution in [3.05, 3.63) is 71.8 Å². The molecule has 0 N–H and O–H groups in total. The Labute approximate surface area is 139 Å². The lowest BCUT2D eigenvalue weighted by molar-refractivity contribution is 0.377. The Morgan fingerprint density at radius 3 is 1.50 bits per heavy atom. The van der Waals surface area contributed by atoms with Gasteiger partial charge in [0.1, 0.15) is 7.58 Å². The third-order valence-corrected chi connectivity index (χ3v) is 7.55. The summed E-state index contributed by atoms with van der Waals surface area (Å²) in [5.74, 6) is 0. The quantitative estimate of drug-likeness (QED) is 0.673. The van der Waals surface area contributed by atoms with Crippen LogP contribution in [0.25, 0.3) is 0 Å². The summed E-state index contributed by atoms with van der Waals surface area (Å²) in [6.45, 7) is 6.57. The van der Waals surface area contributed by atoms with Gasteiger partial charge in [0.2, 0.25) is 0 Å². The largest absolute Gasteiger partial charge is 0.249 e. The van der Waals surface area contributed by atoms with Gasteiger partial charge in [-0.25, -0.2) is 9.34 Å². The Kier molecular flexibility index (Phi) is 5.15. The topological polar surface area (TPSA) is 6.48 Å². The molecule has 3 rings (SSSR count). The van der Waals surface area contributed by atoms with Crippen molar-refractivity contribution in [1.82, 2.24) is 9.34 Å². The first-order valence-electron chi connectivity index (χ1n) is 7.77. The second-order valence-electron chi connectivity index (χ2n) is 5.74. The average molecular weight is 333 g/mol. The molecule has 1 saturated heterocycles. The number of nitrogens with zero attached hydrogens (tertiary/aromatic N) is 2. The maximum absolute atomic E-state index is 6.85. The molecule has 1 fully saturated rings. The van der Waals surface area contributed by atoms with Crippen molar-refractivity contribution in [3.63, 3.8) is 0 Å². The van der Waals surface area contributed by atoms with Gasteiger partial charge in [-0.3, -0.25) is 0 Å². The number of benzene rings is 2. The van der Waals surface area contributed by atoms with Crippen LogP contribution in [0.3, 0.4) is 0 Å². The molecule has 4 heteroatoms. The predicted molar refractivity (Wildman–Crippen MR) is 95.9 cm³/mol. The third kappa shape index (κ3) is 3.21. The maximum Gasteiger partial charge on any atom is 0.141 e. The highest BCUT2D eigenvalue weighted by Gasteiger charge is 2.37. The van der Waals surface area contributed by atoms with E-state index in [-0.39, 0.29) is 0 Å². The van der Waals surface area contributed by atoms with Crippen molar-refractivity contribution in [3.8, 4) is 0 Å². The van der Waals surface area contributed by atoms with Gasteiger partial charge in [-0.1, -0.05) is 71.9 Å². The molecule has 116 valence electrons. The number of hydrogen-bond acceptors (Lipinski definition) is 2. The molecule has 1 aliphatic heterocycles. The first-order valence-corrected chi connectivity index (χ1v) is 9.92. The van der Waals surface area contributed by atoms with E-state index in [1.807, 2.05) is 0 Å². The van der Waals surface area contributed by atoms with Crippen LogP contribution in [0.15, 0.2) is 60.7 Å². The fourth-order valence-electron chi connectivity index (χ4n) is 3.00. The Bertz CT molecular complexity index is 539. The van der Waals surface area contributed by atoms with Gasteiger partial charge in [-0.05, 0) is 25.0 Å². The number of halogens is 1. The van der Waals surface area contributed by atoms with Crippen LogP contribution in [0.1, 0.15) is 37.1 Å². The molecular formula is C18H22ClN2P. The van der Waals surface area contributed by atoms with Crippen LogP contribution in [0, 0.1) is 0 Å². The summed E-state index contributed by atoms with van der Waals surface area (Å²) >= 11 is 6.85. The first kappa shape index (κ1) is 16.0. The van der Waals surface area contributed by atoms with Gasteiger partial charge in [0.05, 0.1) is 0 Å². The zero-order chi connectivity index (χ0) is 15.5. The fraction of sp³-hybridized carbons (Fsp3) is 0.333. The molecule has 2 unspecified atom stereocenters. The van der Waals surface area contributed by atoms with Gasteiger partial charge >= 0.3 is 0 Å². The molecule has 0 amide bonds. The molecule has 0 aromatic heterocycles. The molecular weight excluding hydrogens is 311 g/mol. The summed E-state index contributed by atoms with van der Waals surface area (Å²) in [6, 6.07) is 22.0. The predicted octanol–water partition coefficient (Wildman–Crippen LogP) is 5.59. The molecule has 2 nitrogen and oxygen atoms in total. The SMILES string of the molecule is CC(c1ccccc1)N1CCN([C@@H](C)c2ccccc2)P1Cl. The normalized spacial score (nSPS) is 22.6. The van der Waals surface area contributed by atoms with Crippen molar-refractivity contribution in [2.75, 3.05) is 13.1 Å². The van der Waals surface area contributed by atoms with Crippen molar-refractivity contribution < 1.29 is 0 Å². The average Bonchev–Trinajstić information content (AvgIpc) is 2.96. The molecule has 0 radical (unpaired) electrons. The Balaban J connectivity index is 1.73. The van der Waals surface area contributed by atoms with Gasteiger partial charge in [0.15, 0.2) is 0 Å². The van der Waals surface area contributed by atoms with Crippen LogP contribution in [0.2, 0.25) is 0 Å². The summed E-state index contributed by atoms with van der Waals surface area (Å²) in [5.41, 5.74) is 2.68. The minimum Gasteiger partial charge on any atom is -0.249 e. The minimum absolute atomic E-state index is 0.359. The third-order valence-electron chi connectivity index (χ3n) is 4.44. The summed E-state index contributed by atoms with van der Waals surface area (Å²) in [6.07, 6.45) is 0. The number of rotatable bonds is 4. The van der Waals surface area contributed by atoms with Gasteiger partial charge < -0.3 is 0 Å². The maximum atomic E-state index is 6.85. The molecule has 0 spiro atoms. The van der Waals surface area contributed by atoms with Crippen LogP contribution >= 0.6 is 18.8 Å². The molecule has 2 aromatic rings. The summed E-state index contributed by atoms with van der Waals surface area (Å²) < 4.78 is 4.87. The second-order valence-corrected chi connectivity index (χ2v) is 8.16. The Morgan fingerprint density at radius 1 is 0.773 bits per heavy atom. The van der Waals surface area contributed by atoms with Gasteiger partial charge in [0.25, 0.3) is 0 Å². The highest BCUT2D eigenvalue weighted by atomic mass is 35.7. The number of hydrogen-bond donors (Lipinski definition) is 0. The van der Waals surface area contributed by atoms with Crippen molar-refractivity contribution in [2.45, 2.75) is 25.9 Å². The van der Waals surface area contributed by atoms with Crippen LogP contribution in [0.5, 0.6) is 0 Å². The van der Waals surface area contributed by atoms with E-state index in [2.05, 4.69) is 83.9 Å². The van der Waals surface area contributed by atoms with Gasteiger partial charge in [-0.15, -0.1) is 0 Å². The fourth-order valence-corrected chi connectivity index (χ4v) is 5.88. The molecule has 1 heterocycles. The van der Waals surface area contributed by atoms with Crippen LogP contribution in [-0.4, -0.2) is 22.4 Å². The monoisotopic (exact) mass is 332 g/mol. The lowest BCUT2D eigenvalue weighted by Crippen LogP contribution is -2.18. The molecule has 2 aromatic carbocycles. The highest BCUT2D eigenvalue weighted by molar-refractivity contribution is 7.80. The van der Waals surface area contributed by atoms with Gasteiger partial charge in [0, 0.05) is 25.2 Å². The summed E-state index contributed by atoms with van der Waals surface area (Å²) in [7, 11) is -0.779. The van der Waals surface area contributed by atoms with Gasteiger partial charge in [-0.2, -0.15) is 0 Å². The van der Waals surface area contributed by atoms with E-state index in [4.69, 9.17) is 11.2 Å². The van der Waals surface area contributed by atoms with E-state index in [0.29, 0.717) is 12.1 Å².